The molecular weight excluding hydrogens is 314 g/mol. The van der Waals surface area contributed by atoms with Gasteiger partial charge in [-0.1, -0.05) is 19.3 Å². The van der Waals surface area contributed by atoms with Crippen molar-refractivity contribution < 1.29 is 0 Å². The van der Waals surface area contributed by atoms with Gasteiger partial charge in [-0.2, -0.15) is 5.10 Å². The number of nitrogens with zero attached hydrogens (tertiary/aromatic N) is 4. The molecule has 3 aromatic heterocycles. The van der Waals surface area contributed by atoms with E-state index in [0.717, 1.165) is 11.3 Å². The van der Waals surface area contributed by atoms with Crippen molar-refractivity contribution in [3.8, 4) is 0 Å². The van der Waals surface area contributed by atoms with Crippen molar-refractivity contribution in [1.82, 2.24) is 24.7 Å². The van der Waals surface area contributed by atoms with E-state index in [1.165, 1.54) is 32.1 Å². The highest BCUT2D eigenvalue weighted by Gasteiger charge is 2.20. The first-order valence-electron chi connectivity index (χ1n) is 8.76. The third-order valence-electron chi connectivity index (χ3n) is 4.83. The Morgan fingerprint density at radius 2 is 2.08 bits per heavy atom. The van der Waals surface area contributed by atoms with Gasteiger partial charge in [-0.3, -0.25) is 14.5 Å². The number of hydrogen-bond acceptors (Lipinski definition) is 4. The molecule has 1 aliphatic rings. The number of fused-ring (bicyclic) bond motifs is 1. The van der Waals surface area contributed by atoms with Crippen LogP contribution in [0, 0.1) is 0 Å². The van der Waals surface area contributed by atoms with Crippen LogP contribution in [0.1, 0.15) is 55.1 Å². The van der Waals surface area contributed by atoms with E-state index >= 15 is 0 Å². The Morgan fingerprint density at radius 1 is 1.24 bits per heavy atom. The molecule has 6 nitrogen and oxygen atoms in total. The summed E-state index contributed by atoms with van der Waals surface area (Å²) in [6.45, 7) is 0. The van der Waals surface area contributed by atoms with Crippen LogP contribution in [0.5, 0.6) is 0 Å². The lowest BCUT2D eigenvalue weighted by atomic mass is 9.85. The number of aromatic amines is 1. The number of aryl methyl sites for hydroxylation is 1. The lowest BCUT2D eigenvalue weighted by Gasteiger charge is -2.20. The second-order valence-electron chi connectivity index (χ2n) is 6.66. The average Bonchev–Trinajstić information content (AvgIpc) is 3.01. The largest absolute Gasteiger partial charge is 0.306 e. The minimum Gasteiger partial charge on any atom is -0.306 e. The van der Waals surface area contributed by atoms with Crippen molar-refractivity contribution in [2.75, 3.05) is 0 Å². The molecule has 0 saturated heterocycles. The van der Waals surface area contributed by atoms with Crippen molar-refractivity contribution in [3.05, 3.63) is 52.1 Å². The third-order valence-corrected chi connectivity index (χ3v) is 4.83. The van der Waals surface area contributed by atoms with Crippen molar-refractivity contribution in [3.63, 3.8) is 0 Å². The van der Waals surface area contributed by atoms with E-state index in [4.69, 9.17) is 0 Å². The van der Waals surface area contributed by atoms with E-state index in [1.807, 2.05) is 30.1 Å². The standard InChI is InChI=1S/C19H21N5O/c1-24-12-14(18(23-24)13-5-3-2-4-6-13)7-8-17-21-16-11-20-10-9-15(16)19(25)22-17/h7-13H,2-6H2,1H3,(H,21,22,25). The van der Waals surface area contributed by atoms with Gasteiger partial charge in [0, 0.05) is 30.9 Å². The zero-order chi connectivity index (χ0) is 17.2. The molecule has 0 bridgehead atoms. The van der Waals surface area contributed by atoms with E-state index in [1.54, 1.807) is 18.5 Å². The highest BCUT2D eigenvalue weighted by molar-refractivity contribution is 5.78. The first-order valence-corrected chi connectivity index (χ1v) is 8.76. The minimum absolute atomic E-state index is 0.147. The summed E-state index contributed by atoms with van der Waals surface area (Å²) in [5.41, 5.74) is 2.71. The summed E-state index contributed by atoms with van der Waals surface area (Å²) in [6.07, 6.45) is 15.4. The molecule has 0 amide bonds. The van der Waals surface area contributed by atoms with Crippen LogP contribution in [0.15, 0.2) is 29.5 Å². The Labute approximate surface area is 145 Å². The van der Waals surface area contributed by atoms with E-state index in [9.17, 15) is 4.79 Å². The maximum Gasteiger partial charge on any atom is 0.259 e. The fourth-order valence-corrected chi connectivity index (χ4v) is 3.60. The van der Waals surface area contributed by atoms with E-state index < -0.39 is 0 Å². The summed E-state index contributed by atoms with van der Waals surface area (Å²) >= 11 is 0. The zero-order valence-electron chi connectivity index (χ0n) is 14.3. The van der Waals surface area contributed by atoms with Crippen molar-refractivity contribution >= 4 is 23.1 Å². The summed E-state index contributed by atoms with van der Waals surface area (Å²) in [7, 11) is 1.95. The summed E-state index contributed by atoms with van der Waals surface area (Å²) in [6, 6.07) is 1.68. The highest BCUT2D eigenvalue weighted by Crippen LogP contribution is 2.33. The van der Waals surface area contributed by atoms with Crippen molar-refractivity contribution in [1.29, 1.82) is 0 Å². The summed E-state index contributed by atoms with van der Waals surface area (Å²) in [5.74, 6) is 1.06. The molecule has 1 aliphatic carbocycles. The highest BCUT2D eigenvalue weighted by atomic mass is 16.1. The first-order chi connectivity index (χ1) is 12.2. The molecule has 3 aromatic rings. The Bertz CT molecular complexity index is 979. The number of aromatic nitrogens is 5. The van der Waals surface area contributed by atoms with Gasteiger partial charge in [0.1, 0.15) is 5.82 Å². The Kier molecular flexibility index (Phi) is 4.17. The number of rotatable bonds is 3. The molecule has 1 N–H and O–H groups in total. The Hall–Kier alpha value is -2.76. The molecule has 0 aliphatic heterocycles. The molecule has 1 saturated carbocycles. The molecule has 0 atom stereocenters. The van der Waals surface area contributed by atoms with Gasteiger partial charge >= 0.3 is 0 Å². The molecule has 4 rings (SSSR count). The SMILES string of the molecule is Cn1cc(C=Cc2nc3cnccc3c(=O)[nH]2)c(C2CCCCC2)n1. The molecule has 0 radical (unpaired) electrons. The maximum absolute atomic E-state index is 12.2. The van der Waals surface area contributed by atoms with Crippen LogP contribution in [0.3, 0.4) is 0 Å². The molecule has 128 valence electrons. The summed E-state index contributed by atoms with van der Waals surface area (Å²) in [5, 5.41) is 5.23. The quantitative estimate of drug-likeness (QED) is 0.797. The monoisotopic (exact) mass is 335 g/mol. The number of pyridine rings is 1. The van der Waals surface area contributed by atoms with Gasteiger partial charge in [-0.15, -0.1) is 0 Å². The molecule has 0 aromatic carbocycles. The van der Waals surface area contributed by atoms with Crippen LogP contribution in [-0.2, 0) is 7.05 Å². The predicted octanol–water partition coefficient (Wildman–Crippen LogP) is 3.27. The molecular formula is C19H21N5O. The summed E-state index contributed by atoms with van der Waals surface area (Å²) < 4.78 is 1.87. The molecule has 6 heteroatoms. The third kappa shape index (κ3) is 3.24. The van der Waals surface area contributed by atoms with E-state index in [-0.39, 0.29) is 5.56 Å². The first kappa shape index (κ1) is 15.7. The van der Waals surface area contributed by atoms with Gasteiger partial charge < -0.3 is 4.98 Å². The van der Waals surface area contributed by atoms with Gasteiger partial charge in [0.25, 0.3) is 5.56 Å². The second kappa shape index (κ2) is 6.63. The van der Waals surface area contributed by atoms with Gasteiger partial charge in [-0.05, 0) is 31.1 Å². The van der Waals surface area contributed by atoms with Crippen LogP contribution in [-0.4, -0.2) is 24.7 Å². The molecule has 0 unspecified atom stereocenters. The summed E-state index contributed by atoms with van der Waals surface area (Å²) in [4.78, 5) is 23.5. The Balaban J connectivity index is 1.67. The van der Waals surface area contributed by atoms with Gasteiger partial charge in [-0.25, -0.2) is 4.98 Å². The molecule has 0 spiro atoms. The molecule has 1 fully saturated rings. The fourth-order valence-electron chi connectivity index (χ4n) is 3.60. The van der Waals surface area contributed by atoms with Crippen LogP contribution < -0.4 is 5.56 Å². The normalized spacial score (nSPS) is 16.0. The number of H-pyrrole nitrogens is 1. The van der Waals surface area contributed by atoms with Crippen molar-refractivity contribution in [2.24, 2.45) is 7.05 Å². The van der Waals surface area contributed by atoms with E-state index in [2.05, 4.69) is 20.1 Å². The average molecular weight is 335 g/mol. The van der Waals surface area contributed by atoms with Gasteiger partial charge in [0.15, 0.2) is 0 Å². The lowest BCUT2D eigenvalue weighted by molar-refractivity contribution is 0.433. The Morgan fingerprint density at radius 3 is 2.92 bits per heavy atom. The topological polar surface area (TPSA) is 76.5 Å². The maximum atomic E-state index is 12.2. The van der Waals surface area contributed by atoms with Crippen LogP contribution >= 0.6 is 0 Å². The molecule has 25 heavy (non-hydrogen) atoms. The van der Waals surface area contributed by atoms with Crippen molar-refractivity contribution in [2.45, 2.75) is 38.0 Å². The minimum atomic E-state index is -0.147. The predicted molar refractivity (Wildman–Crippen MR) is 98.1 cm³/mol. The lowest BCUT2D eigenvalue weighted by Crippen LogP contribution is -2.09. The fraction of sp³-hybridized carbons (Fsp3) is 0.368. The van der Waals surface area contributed by atoms with Gasteiger partial charge in [0.05, 0.1) is 22.8 Å². The second-order valence-corrected chi connectivity index (χ2v) is 6.66. The molecule has 3 heterocycles. The van der Waals surface area contributed by atoms with Crippen LogP contribution in [0.25, 0.3) is 23.1 Å². The van der Waals surface area contributed by atoms with E-state index in [0.29, 0.717) is 22.6 Å². The van der Waals surface area contributed by atoms with Crippen LogP contribution in [0.4, 0.5) is 0 Å². The smallest absolute Gasteiger partial charge is 0.259 e. The van der Waals surface area contributed by atoms with Crippen LogP contribution in [0.2, 0.25) is 0 Å². The number of nitrogens with one attached hydrogen (secondary N) is 1. The zero-order valence-corrected chi connectivity index (χ0v) is 14.3. The number of hydrogen-bond donors (Lipinski definition) is 1. The van der Waals surface area contributed by atoms with Gasteiger partial charge in [0.2, 0.25) is 0 Å².